The number of nitrogens with zero attached hydrogens (tertiary/aromatic N) is 3. The summed E-state index contributed by atoms with van der Waals surface area (Å²) in [6.07, 6.45) is 0.610. The molecule has 3 aromatic carbocycles. The topological polar surface area (TPSA) is 123 Å². The molecular formula is C27H18ClN3O6S. The van der Waals surface area contributed by atoms with Gasteiger partial charge in [0.25, 0.3) is 11.5 Å². The number of ketones is 1. The average Bonchev–Trinajstić information content (AvgIpc) is 3.55. The fourth-order valence-electron chi connectivity index (χ4n) is 4.87. The van der Waals surface area contributed by atoms with E-state index in [1.165, 1.54) is 23.1 Å². The third kappa shape index (κ3) is 3.89. The second-order valence-electron chi connectivity index (χ2n) is 9.08. The molecule has 1 aromatic heterocycles. The number of nitro benzene ring substituents is 1. The number of amides is 1. The van der Waals surface area contributed by atoms with Gasteiger partial charge in [-0.05, 0) is 54.4 Å². The Morgan fingerprint density at radius 2 is 2.00 bits per heavy atom. The van der Waals surface area contributed by atoms with Crippen LogP contribution in [0.1, 0.15) is 29.7 Å². The Morgan fingerprint density at radius 1 is 1.18 bits per heavy atom. The summed E-state index contributed by atoms with van der Waals surface area (Å²) in [4.78, 5) is 43.6. The number of nitro groups is 1. The van der Waals surface area contributed by atoms with E-state index in [1.807, 2.05) is 6.92 Å². The summed E-state index contributed by atoms with van der Waals surface area (Å²) in [5.74, 6) is -1.50. The molecule has 38 heavy (non-hydrogen) atoms. The minimum absolute atomic E-state index is 0.0228. The zero-order valence-electron chi connectivity index (χ0n) is 19.8. The summed E-state index contributed by atoms with van der Waals surface area (Å²) in [6.45, 7) is 1.93. The molecule has 9 nitrogen and oxygen atoms in total. The van der Waals surface area contributed by atoms with Gasteiger partial charge in [-0.1, -0.05) is 35.1 Å². The molecule has 190 valence electrons. The SMILES string of the molecule is C[C@H]1Cc2cc(C(O)=C3C(=O)C(=O)N(c4nc5ccc(Cl)cc5s4)[C@H]3c3cccc([N+](=O)[O-])c3)ccc2O1. The van der Waals surface area contributed by atoms with Crippen molar-refractivity contribution in [3.8, 4) is 5.75 Å². The van der Waals surface area contributed by atoms with Crippen molar-refractivity contribution in [3.63, 3.8) is 0 Å². The maximum Gasteiger partial charge on any atom is 0.301 e. The van der Waals surface area contributed by atoms with E-state index in [2.05, 4.69) is 4.98 Å². The first-order valence-electron chi connectivity index (χ1n) is 11.6. The number of aliphatic hydroxyl groups is 1. The number of rotatable bonds is 4. The maximum absolute atomic E-state index is 13.4. The molecule has 0 aliphatic carbocycles. The van der Waals surface area contributed by atoms with E-state index in [1.54, 1.807) is 42.5 Å². The molecule has 1 N–H and O–H groups in total. The fourth-order valence-corrected chi connectivity index (χ4v) is 6.14. The Hall–Kier alpha value is -4.28. The molecule has 2 aliphatic heterocycles. The van der Waals surface area contributed by atoms with Crippen LogP contribution in [0.4, 0.5) is 10.8 Å². The van der Waals surface area contributed by atoms with Crippen molar-refractivity contribution in [3.05, 3.63) is 98.1 Å². The van der Waals surface area contributed by atoms with Crippen molar-refractivity contribution in [2.24, 2.45) is 0 Å². The summed E-state index contributed by atoms with van der Waals surface area (Å²) in [7, 11) is 0. The predicted molar refractivity (Wildman–Crippen MR) is 143 cm³/mol. The fraction of sp³-hybridized carbons (Fsp3) is 0.148. The Kier molecular flexibility index (Phi) is 5.66. The number of ether oxygens (including phenoxy) is 1. The van der Waals surface area contributed by atoms with Gasteiger partial charge < -0.3 is 9.84 Å². The highest BCUT2D eigenvalue weighted by atomic mass is 35.5. The van der Waals surface area contributed by atoms with Crippen molar-refractivity contribution < 1.29 is 24.4 Å². The van der Waals surface area contributed by atoms with Crippen molar-refractivity contribution in [1.29, 1.82) is 0 Å². The zero-order valence-corrected chi connectivity index (χ0v) is 21.3. The Bertz CT molecular complexity index is 1710. The van der Waals surface area contributed by atoms with Crippen LogP contribution >= 0.6 is 22.9 Å². The predicted octanol–water partition coefficient (Wildman–Crippen LogP) is 5.81. The van der Waals surface area contributed by atoms with Gasteiger partial charge in [-0.3, -0.25) is 24.6 Å². The van der Waals surface area contributed by atoms with Crippen molar-refractivity contribution in [1.82, 2.24) is 4.98 Å². The van der Waals surface area contributed by atoms with E-state index in [0.29, 0.717) is 33.0 Å². The summed E-state index contributed by atoms with van der Waals surface area (Å²) >= 11 is 7.28. The number of fused-ring (bicyclic) bond motifs is 2. The molecule has 0 radical (unpaired) electrons. The normalized spacial score (nSPS) is 20.1. The average molecular weight is 548 g/mol. The highest BCUT2D eigenvalue weighted by molar-refractivity contribution is 7.22. The molecule has 1 fully saturated rings. The minimum atomic E-state index is -1.14. The van der Waals surface area contributed by atoms with Crippen molar-refractivity contribution in [2.75, 3.05) is 4.90 Å². The molecule has 6 rings (SSSR count). The van der Waals surface area contributed by atoms with Gasteiger partial charge >= 0.3 is 5.91 Å². The Balaban J connectivity index is 1.56. The summed E-state index contributed by atoms with van der Waals surface area (Å²) < 4.78 is 6.43. The van der Waals surface area contributed by atoms with Crippen LogP contribution in [0, 0.1) is 10.1 Å². The largest absolute Gasteiger partial charge is 0.507 e. The van der Waals surface area contributed by atoms with E-state index < -0.39 is 22.7 Å². The molecule has 2 atom stereocenters. The number of thiazole rings is 1. The lowest BCUT2D eigenvalue weighted by Crippen LogP contribution is -2.29. The quantitative estimate of drug-likeness (QED) is 0.112. The van der Waals surface area contributed by atoms with Crippen molar-refractivity contribution in [2.45, 2.75) is 25.5 Å². The van der Waals surface area contributed by atoms with Gasteiger partial charge in [0, 0.05) is 29.1 Å². The molecule has 0 bridgehead atoms. The van der Waals surface area contributed by atoms with Gasteiger partial charge in [0.2, 0.25) is 0 Å². The van der Waals surface area contributed by atoms with Gasteiger partial charge in [0.15, 0.2) is 5.13 Å². The van der Waals surface area contributed by atoms with E-state index in [9.17, 15) is 24.8 Å². The van der Waals surface area contributed by atoms with E-state index in [4.69, 9.17) is 16.3 Å². The highest BCUT2D eigenvalue weighted by Gasteiger charge is 2.48. The molecule has 1 saturated heterocycles. The Morgan fingerprint density at radius 3 is 2.79 bits per heavy atom. The number of hydrogen-bond donors (Lipinski definition) is 1. The summed E-state index contributed by atoms with van der Waals surface area (Å²) in [5.41, 5.74) is 1.67. The Labute approximate surface area is 224 Å². The van der Waals surface area contributed by atoms with Crippen LogP contribution in [-0.2, 0) is 16.0 Å². The monoisotopic (exact) mass is 547 g/mol. The first kappa shape index (κ1) is 24.1. The van der Waals surface area contributed by atoms with Crippen LogP contribution in [-0.4, -0.2) is 32.8 Å². The van der Waals surface area contributed by atoms with Crippen LogP contribution in [0.15, 0.2) is 66.2 Å². The molecule has 1 amide bonds. The number of carbonyl (C=O) groups is 2. The molecule has 2 aliphatic rings. The number of Topliss-reactive ketones (excluding diaryl/α,β-unsaturated/α-hetero) is 1. The standard InChI is InChI=1S/C27H18ClN3O6S/c1-13-9-16-10-15(5-8-20(16)37-13)24(32)22-23(14-3-2-4-18(11-14)31(35)36)30(26(34)25(22)33)27-29-19-7-6-17(28)12-21(19)38-27/h2-8,10-13,23,32H,9H2,1H3/t13-,23-/m0/s1. The number of aromatic nitrogens is 1. The lowest BCUT2D eigenvalue weighted by Gasteiger charge is -2.22. The zero-order chi connectivity index (χ0) is 26.7. The number of hydrogen-bond acceptors (Lipinski definition) is 8. The van der Waals surface area contributed by atoms with Gasteiger partial charge in [-0.25, -0.2) is 4.98 Å². The first-order chi connectivity index (χ1) is 18.2. The third-order valence-corrected chi connectivity index (χ3v) is 7.81. The number of benzene rings is 3. The molecule has 0 saturated carbocycles. The van der Waals surface area contributed by atoms with Crippen LogP contribution in [0.5, 0.6) is 5.75 Å². The lowest BCUT2D eigenvalue weighted by molar-refractivity contribution is -0.384. The number of carbonyl (C=O) groups excluding carboxylic acids is 2. The minimum Gasteiger partial charge on any atom is -0.507 e. The molecule has 4 aromatic rings. The third-order valence-electron chi connectivity index (χ3n) is 6.56. The first-order valence-corrected chi connectivity index (χ1v) is 12.8. The van der Waals surface area contributed by atoms with E-state index >= 15 is 0 Å². The smallest absolute Gasteiger partial charge is 0.301 e. The van der Waals surface area contributed by atoms with E-state index in [0.717, 1.165) is 16.9 Å². The molecule has 3 heterocycles. The molecule has 11 heteroatoms. The molecular weight excluding hydrogens is 530 g/mol. The summed E-state index contributed by atoms with van der Waals surface area (Å²) in [5, 5.41) is 23.6. The van der Waals surface area contributed by atoms with Gasteiger partial charge in [0.1, 0.15) is 17.6 Å². The van der Waals surface area contributed by atoms with Crippen LogP contribution < -0.4 is 9.64 Å². The van der Waals surface area contributed by atoms with Gasteiger partial charge in [-0.15, -0.1) is 0 Å². The van der Waals surface area contributed by atoms with Gasteiger partial charge in [-0.2, -0.15) is 0 Å². The number of aliphatic hydroxyl groups excluding tert-OH is 1. The summed E-state index contributed by atoms with van der Waals surface area (Å²) in [6, 6.07) is 14.6. The van der Waals surface area contributed by atoms with Crippen LogP contribution in [0.25, 0.3) is 16.0 Å². The second-order valence-corrected chi connectivity index (χ2v) is 10.5. The second kappa shape index (κ2) is 8.93. The molecule has 0 unspecified atom stereocenters. The molecule has 0 spiro atoms. The maximum atomic E-state index is 13.4. The number of halogens is 1. The highest BCUT2D eigenvalue weighted by Crippen LogP contribution is 2.45. The number of non-ortho nitro benzene ring substituents is 1. The van der Waals surface area contributed by atoms with Crippen molar-refractivity contribution >= 4 is 61.4 Å². The van der Waals surface area contributed by atoms with E-state index in [-0.39, 0.29) is 33.8 Å². The van der Waals surface area contributed by atoms with Crippen LogP contribution in [0.3, 0.4) is 0 Å². The van der Waals surface area contributed by atoms with Crippen LogP contribution in [0.2, 0.25) is 5.02 Å². The van der Waals surface area contributed by atoms with Gasteiger partial charge in [0.05, 0.1) is 26.8 Å². The lowest BCUT2D eigenvalue weighted by atomic mass is 9.94. The number of anilines is 1.